The minimum Gasteiger partial charge on any atom is -0.337 e. The molecule has 0 aliphatic carbocycles. The van der Waals surface area contributed by atoms with Crippen LogP contribution in [0, 0.1) is 0 Å². The highest BCUT2D eigenvalue weighted by Crippen LogP contribution is 2.28. The normalized spacial score (nSPS) is 14.6. The van der Waals surface area contributed by atoms with E-state index in [1.165, 1.54) is 17.8 Å². The second-order valence-electron chi connectivity index (χ2n) is 5.85. The van der Waals surface area contributed by atoms with E-state index in [9.17, 15) is 14.4 Å². The summed E-state index contributed by atoms with van der Waals surface area (Å²) in [7, 11) is 0. The van der Waals surface area contributed by atoms with Gasteiger partial charge in [-0.25, -0.2) is 9.78 Å². The van der Waals surface area contributed by atoms with Gasteiger partial charge in [-0.2, -0.15) is 0 Å². The van der Waals surface area contributed by atoms with Crippen LogP contribution in [0.3, 0.4) is 0 Å². The molecule has 1 saturated heterocycles. The van der Waals surface area contributed by atoms with E-state index >= 15 is 0 Å². The molecule has 1 amide bonds. The fraction of sp³-hybridized carbons (Fsp3) is 0.176. The standard InChI is InChI=1S/C17H14N4O3/c22-15-13-6-11(7-18-14(13)19-17(24)20-15)16(23)21-8-12(9-21)10-4-2-1-3-5-10/h1-7,12H,8-9H2,(H2,18,19,20,22,24). The van der Waals surface area contributed by atoms with Gasteiger partial charge in [0.25, 0.3) is 11.5 Å². The average molecular weight is 322 g/mol. The summed E-state index contributed by atoms with van der Waals surface area (Å²) in [6.07, 6.45) is 1.38. The summed E-state index contributed by atoms with van der Waals surface area (Å²) in [4.78, 5) is 45.9. The van der Waals surface area contributed by atoms with Crippen molar-refractivity contribution >= 4 is 16.9 Å². The van der Waals surface area contributed by atoms with E-state index in [2.05, 4.69) is 27.1 Å². The van der Waals surface area contributed by atoms with Crippen molar-refractivity contribution < 1.29 is 4.79 Å². The molecule has 2 N–H and O–H groups in total. The molecule has 0 unspecified atom stereocenters. The molecular weight excluding hydrogens is 308 g/mol. The van der Waals surface area contributed by atoms with E-state index in [1.54, 1.807) is 4.90 Å². The fourth-order valence-electron chi connectivity index (χ4n) is 2.93. The van der Waals surface area contributed by atoms with Crippen LogP contribution in [0.15, 0.2) is 52.2 Å². The molecule has 120 valence electrons. The van der Waals surface area contributed by atoms with Gasteiger partial charge in [-0.15, -0.1) is 0 Å². The van der Waals surface area contributed by atoms with Crippen molar-refractivity contribution in [1.82, 2.24) is 19.9 Å². The average Bonchev–Trinajstić information content (AvgIpc) is 2.54. The Morgan fingerprint density at radius 1 is 1.12 bits per heavy atom. The number of hydrogen-bond donors (Lipinski definition) is 2. The number of benzene rings is 1. The second-order valence-corrected chi connectivity index (χ2v) is 5.85. The lowest BCUT2D eigenvalue weighted by Crippen LogP contribution is -2.48. The molecule has 1 aromatic carbocycles. The zero-order chi connectivity index (χ0) is 16.7. The molecule has 0 saturated carbocycles. The zero-order valence-electron chi connectivity index (χ0n) is 12.7. The largest absolute Gasteiger partial charge is 0.337 e. The maximum atomic E-state index is 12.5. The minimum atomic E-state index is -0.618. The van der Waals surface area contributed by atoms with Crippen LogP contribution < -0.4 is 11.2 Å². The van der Waals surface area contributed by atoms with Gasteiger partial charge < -0.3 is 4.90 Å². The van der Waals surface area contributed by atoms with E-state index in [1.807, 2.05) is 18.2 Å². The Morgan fingerprint density at radius 2 is 1.88 bits per heavy atom. The van der Waals surface area contributed by atoms with Crippen molar-refractivity contribution in [1.29, 1.82) is 0 Å². The fourth-order valence-corrected chi connectivity index (χ4v) is 2.93. The number of aromatic nitrogens is 3. The predicted octanol–water partition coefficient (Wildman–Crippen LogP) is 0.851. The first kappa shape index (κ1) is 14.4. The number of nitrogens with zero attached hydrogens (tertiary/aromatic N) is 2. The Hall–Kier alpha value is -3.22. The topological polar surface area (TPSA) is 98.9 Å². The van der Waals surface area contributed by atoms with Gasteiger partial charge in [-0.05, 0) is 11.6 Å². The van der Waals surface area contributed by atoms with Gasteiger partial charge in [0, 0.05) is 25.2 Å². The molecule has 3 aromatic rings. The van der Waals surface area contributed by atoms with Crippen molar-refractivity contribution in [3.63, 3.8) is 0 Å². The van der Waals surface area contributed by atoms with Gasteiger partial charge in [-0.1, -0.05) is 30.3 Å². The number of fused-ring (bicyclic) bond motifs is 1. The number of carbonyl (C=O) groups excluding carboxylic acids is 1. The Labute approximate surface area is 136 Å². The molecule has 0 radical (unpaired) electrons. The highest BCUT2D eigenvalue weighted by atomic mass is 16.2. The molecule has 3 heterocycles. The van der Waals surface area contributed by atoms with Crippen molar-refractivity contribution in [3.8, 4) is 0 Å². The zero-order valence-corrected chi connectivity index (χ0v) is 12.7. The number of aromatic amines is 2. The summed E-state index contributed by atoms with van der Waals surface area (Å²) < 4.78 is 0. The number of carbonyl (C=O) groups is 1. The third kappa shape index (κ3) is 2.40. The van der Waals surface area contributed by atoms with Gasteiger partial charge in [0.2, 0.25) is 0 Å². The van der Waals surface area contributed by atoms with Crippen molar-refractivity contribution in [3.05, 3.63) is 74.6 Å². The molecule has 7 nitrogen and oxygen atoms in total. The smallest absolute Gasteiger partial charge is 0.327 e. The van der Waals surface area contributed by atoms with Crippen LogP contribution in [-0.4, -0.2) is 38.8 Å². The van der Waals surface area contributed by atoms with Gasteiger partial charge >= 0.3 is 5.69 Å². The quantitative estimate of drug-likeness (QED) is 0.730. The van der Waals surface area contributed by atoms with Crippen molar-refractivity contribution in [2.75, 3.05) is 13.1 Å². The molecule has 0 atom stereocenters. The molecule has 24 heavy (non-hydrogen) atoms. The van der Waals surface area contributed by atoms with Crippen LogP contribution >= 0.6 is 0 Å². The van der Waals surface area contributed by atoms with Gasteiger partial charge in [0.15, 0.2) is 0 Å². The number of nitrogens with one attached hydrogen (secondary N) is 2. The number of H-pyrrole nitrogens is 2. The van der Waals surface area contributed by atoms with Crippen LogP contribution in [0.1, 0.15) is 21.8 Å². The Bertz CT molecular complexity index is 1030. The first-order valence-electron chi connectivity index (χ1n) is 7.58. The Balaban J connectivity index is 1.57. The summed E-state index contributed by atoms with van der Waals surface area (Å²) in [6, 6.07) is 11.5. The lowest BCUT2D eigenvalue weighted by atomic mass is 9.91. The van der Waals surface area contributed by atoms with Gasteiger partial charge in [0.05, 0.1) is 10.9 Å². The second kappa shape index (κ2) is 5.45. The highest BCUT2D eigenvalue weighted by Gasteiger charge is 2.32. The van der Waals surface area contributed by atoms with Crippen LogP contribution in [0.25, 0.3) is 11.0 Å². The molecule has 2 aromatic heterocycles. The van der Waals surface area contributed by atoms with E-state index in [4.69, 9.17) is 0 Å². The van der Waals surface area contributed by atoms with E-state index < -0.39 is 11.2 Å². The van der Waals surface area contributed by atoms with Crippen LogP contribution in [0.5, 0.6) is 0 Å². The Morgan fingerprint density at radius 3 is 2.62 bits per heavy atom. The summed E-state index contributed by atoms with van der Waals surface area (Å²) in [5.74, 6) is 0.172. The number of hydrogen-bond acceptors (Lipinski definition) is 4. The van der Waals surface area contributed by atoms with Gasteiger partial charge in [-0.3, -0.25) is 19.6 Å². The van der Waals surface area contributed by atoms with E-state index in [0.29, 0.717) is 24.6 Å². The molecule has 1 fully saturated rings. The van der Waals surface area contributed by atoms with Gasteiger partial charge in [0.1, 0.15) is 5.65 Å². The van der Waals surface area contributed by atoms with Crippen molar-refractivity contribution in [2.24, 2.45) is 0 Å². The van der Waals surface area contributed by atoms with Crippen LogP contribution in [0.2, 0.25) is 0 Å². The maximum Gasteiger partial charge on any atom is 0.327 e. The lowest BCUT2D eigenvalue weighted by Gasteiger charge is -2.39. The molecular formula is C17H14N4O3. The molecule has 1 aliphatic rings. The molecule has 1 aliphatic heterocycles. The first-order chi connectivity index (χ1) is 11.6. The lowest BCUT2D eigenvalue weighted by molar-refractivity contribution is 0.0602. The monoisotopic (exact) mass is 322 g/mol. The maximum absolute atomic E-state index is 12.5. The number of rotatable bonds is 2. The SMILES string of the molecule is O=C(c1cnc2[nH]c(=O)[nH]c(=O)c2c1)N1CC(c2ccccc2)C1. The molecule has 4 rings (SSSR count). The van der Waals surface area contributed by atoms with Crippen LogP contribution in [-0.2, 0) is 0 Å². The third-order valence-corrected chi connectivity index (χ3v) is 4.28. The first-order valence-corrected chi connectivity index (χ1v) is 7.58. The summed E-state index contributed by atoms with van der Waals surface area (Å²) in [6.45, 7) is 1.28. The predicted molar refractivity (Wildman–Crippen MR) is 88.1 cm³/mol. The highest BCUT2D eigenvalue weighted by molar-refractivity contribution is 5.97. The summed E-state index contributed by atoms with van der Waals surface area (Å²) in [5.41, 5.74) is 0.555. The molecule has 7 heteroatoms. The number of pyridine rings is 1. The van der Waals surface area contributed by atoms with Crippen LogP contribution in [0.4, 0.5) is 0 Å². The molecule has 0 bridgehead atoms. The third-order valence-electron chi connectivity index (χ3n) is 4.28. The number of likely N-dealkylation sites (tertiary alicyclic amines) is 1. The minimum absolute atomic E-state index is 0.165. The van der Waals surface area contributed by atoms with Crippen molar-refractivity contribution in [2.45, 2.75) is 5.92 Å². The molecule has 0 spiro atoms. The Kier molecular flexibility index (Phi) is 3.26. The van der Waals surface area contributed by atoms with E-state index in [-0.39, 0.29) is 16.9 Å². The summed E-state index contributed by atoms with van der Waals surface area (Å²) in [5, 5.41) is 0.195. The van der Waals surface area contributed by atoms with E-state index in [0.717, 1.165) is 0 Å². The number of amides is 1. The summed E-state index contributed by atoms with van der Waals surface area (Å²) >= 11 is 0.